The van der Waals surface area contributed by atoms with Crippen LogP contribution in [0, 0.1) is 18.8 Å². The summed E-state index contributed by atoms with van der Waals surface area (Å²) in [7, 11) is 0. The zero-order valence-corrected chi connectivity index (χ0v) is 42.9. The van der Waals surface area contributed by atoms with Gasteiger partial charge in [0, 0.05) is 116 Å². The zero-order valence-electron chi connectivity index (χ0n) is 46.7. The van der Waals surface area contributed by atoms with Gasteiger partial charge in [-0.25, -0.2) is 4.98 Å². The average Bonchev–Trinajstić information content (AvgIpc) is 4.06. The van der Waals surface area contributed by atoms with Crippen molar-refractivity contribution in [2.24, 2.45) is 14.0 Å². The number of anilines is 4. The van der Waals surface area contributed by atoms with Crippen LogP contribution in [-0.4, -0.2) is 18.7 Å². The number of hydrogen-bond donors (Lipinski definition) is 0. The first-order chi connectivity index (χ1) is 36.8. The van der Waals surface area contributed by atoms with E-state index in [0.717, 1.165) is 55.2 Å². The Labute approximate surface area is 443 Å². The molecule has 13 rings (SSSR count). The molecule has 0 radical (unpaired) electrons. The van der Waals surface area contributed by atoms with Gasteiger partial charge in [-0.1, -0.05) is 144 Å². The van der Waals surface area contributed by atoms with E-state index in [-0.39, 0.29) is 31.9 Å². The molecule has 7 nitrogen and oxygen atoms in total. The van der Waals surface area contributed by atoms with Gasteiger partial charge in [0.2, 0.25) is 0 Å². The molecular weight excluding hydrogens is 1060 g/mol. The van der Waals surface area contributed by atoms with Gasteiger partial charge in [0.1, 0.15) is 5.82 Å². The van der Waals surface area contributed by atoms with Crippen LogP contribution in [0.4, 0.5) is 22.7 Å². The smallest absolute Gasteiger partial charge is 0.135 e. The van der Waals surface area contributed by atoms with Gasteiger partial charge in [0.15, 0.2) is 0 Å². The summed E-state index contributed by atoms with van der Waals surface area (Å²) in [6, 6.07) is 60.5. The van der Waals surface area contributed by atoms with Gasteiger partial charge in [0.05, 0.1) is 16.7 Å². The van der Waals surface area contributed by atoms with Gasteiger partial charge in [-0.3, -0.25) is 0 Å². The predicted molar refractivity (Wildman–Crippen MR) is 295 cm³/mol. The molecule has 0 fully saturated rings. The molecule has 12 aromatic rings. The van der Waals surface area contributed by atoms with Crippen LogP contribution in [0.3, 0.4) is 0 Å². The van der Waals surface area contributed by atoms with Crippen molar-refractivity contribution in [2.45, 2.75) is 52.4 Å². The Morgan fingerprint density at radius 2 is 1.17 bits per heavy atom. The number of aryl methyl sites for hydroxylation is 2. The van der Waals surface area contributed by atoms with Crippen molar-refractivity contribution >= 4 is 88.2 Å². The van der Waals surface area contributed by atoms with E-state index >= 15 is 0 Å². The van der Waals surface area contributed by atoms with Crippen molar-refractivity contribution in [3.63, 3.8) is 0 Å². The minimum atomic E-state index is -2.69. The first-order valence-corrected chi connectivity index (χ1v) is 24.1. The van der Waals surface area contributed by atoms with E-state index in [4.69, 9.17) is 9.72 Å². The predicted octanol–water partition coefficient (Wildman–Crippen LogP) is 16.5. The molecule has 0 saturated heterocycles. The number of para-hydroxylation sites is 5. The van der Waals surface area contributed by atoms with Gasteiger partial charge in [-0.05, 0) is 69.3 Å². The summed E-state index contributed by atoms with van der Waals surface area (Å²) in [6.07, 6.45) is 1.88. The number of rotatable bonds is 6. The van der Waals surface area contributed by atoms with E-state index in [0.29, 0.717) is 61.4 Å². The second kappa shape index (κ2) is 16.7. The van der Waals surface area contributed by atoms with Crippen molar-refractivity contribution in [1.29, 1.82) is 0 Å². The summed E-state index contributed by atoms with van der Waals surface area (Å²) >= 11 is 0. The third kappa shape index (κ3) is 6.92. The minimum absolute atomic E-state index is 0. The van der Waals surface area contributed by atoms with Gasteiger partial charge < -0.3 is 28.2 Å². The van der Waals surface area contributed by atoms with Gasteiger partial charge >= 0.3 is 0 Å². The molecule has 0 aliphatic carbocycles. The van der Waals surface area contributed by atoms with Gasteiger partial charge in [-0.15, -0.1) is 48.1 Å². The van der Waals surface area contributed by atoms with Crippen molar-refractivity contribution in [2.75, 3.05) is 9.80 Å². The third-order valence-corrected chi connectivity index (χ3v) is 14.2. The molecule has 0 spiro atoms. The van der Waals surface area contributed by atoms with E-state index < -0.39 is 14.0 Å². The zero-order chi connectivity index (χ0) is 53.5. The molecule has 0 unspecified atom stereocenters. The molecular formula is C64H53N6OPt-3. The van der Waals surface area contributed by atoms with E-state index in [9.17, 15) is 8.22 Å². The van der Waals surface area contributed by atoms with Gasteiger partial charge in [-0.2, -0.15) is 12.1 Å². The SMILES string of the molecule is [2H]C([2H])([2H])n1c2ccccc2c2c(-c3ccccc3)c3c4ccccc4n(C([2H])([2H])[2H])c3c(N3[CH-]N(c4[c-]c(Oc5[c-]c6c(cc5)c5cccc(C(C)(C)C)c5n6-c5cc(C(C)(C)C)ccn5)ccc4)c4ccccc43)c21.[Pt]. The van der Waals surface area contributed by atoms with Crippen LogP contribution >= 0.6 is 0 Å². The summed E-state index contributed by atoms with van der Waals surface area (Å²) in [5.74, 6) is 1.73. The number of aromatic nitrogens is 4. The Morgan fingerprint density at radius 1 is 0.556 bits per heavy atom. The van der Waals surface area contributed by atoms with Crippen LogP contribution in [0.5, 0.6) is 11.5 Å². The average molecular weight is 1120 g/mol. The van der Waals surface area contributed by atoms with Crippen molar-refractivity contribution < 1.29 is 34.0 Å². The minimum Gasteiger partial charge on any atom is -0.509 e. The van der Waals surface area contributed by atoms with Crippen LogP contribution in [0.25, 0.3) is 82.4 Å². The van der Waals surface area contributed by atoms with Crippen molar-refractivity contribution in [3.8, 4) is 28.4 Å². The number of nitrogens with zero attached hydrogens (tertiary/aromatic N) is 6. The van der Waals surface area contributed by atoms with Crippen molar-refractivity contribution in [1.82, 2.24) is 18.7 Å². The number of ether oxygens (including phenoxy) is 1. The molecule has 1 aliphatic rings. The fourth-order valence-corrected chi connectivity index (χ4v) is 10.9. The standard InChI is InChI=1S/C64H53N6O.Pt/c1-63(2,3)41-34-35-65-55(36-41)70-54-38-44(32-33-45(54)46-26-19-27-49(59(46)70)64(4,5)6)71-43-23-18-22-42(37-43)68-39-69(53-31-17-16-30-52(53)68)62-60-57(47-24-12-14-28-50(47)66(60)7)56(40-20-10-9-11-21-40)58-48-25-13-15-29-51(48)67(8)61(58)62;/h9-36,39H,1-8H3;/q-3;/i7D3,8D3;. The van der Waals surface area contributed by atoms with E-state index in [1.165, 1.54) is 20.3 Å². The summed E-state index contributed by atoms with van der Waals surface area (Å²) in [5.41, 5.74) is 9.83. The molecule has 0 N–H and O–H groups in total. The first kappa shape index (κ1) is 39.1. The molecule has 0 amide bonds. The normalized spacial score (nSPS) is 14.6. The molecule has 1 aliphatic heterocycles. The summed E-state index contributed by atoms with van der Waals surface area (Å²) < 4.78 is 67.2. The van der Waals surface area contributed by atoms with Crippen molar-refractivity contribution in [3.05, 3.63) is 200 Å². The maximum absolute atomic E-state index is 9.23. The number of fused-ring (bicyclic) bond motifs is 10. The van der Waals surface area contributed by atoms with Crippen LogP contribution < -0.4 is 14.5 Å². The maximum Gasteiger partial charge on any atom is 0.135 e. The Kier molecular flexibility index (Phi) is 9.09. The first-order valence-electron chi connectivity index (χ1n) is 27.1. The maximum atomic E-state index is 9.23. The molecule has 5 heterocycles. The molecule has 8 heteroatoms. The van der Waals surface area contributed by atoms with E-state index in [2.05, 4.69) is 94.6 Å². The van der Waals surface area contributed by atoms with E-state index in [1.807, 2.05) is 150 Å². The molecule has 0 bridgehead atoms. The molecule has 358 valence electrons. The van der Waals surface area contributed by atoms with Crippen LogP contribution in [0.15, 0.2) is 170 Å². The summed E-state index contributed by atoms with van der Waals surface area (Å²) in [4.78, 5) is 8.91. The van der Waals surface area contributed by atoms with Crippen LogP contribution in [-0.2, 0) is 45.8 Å². The number of benzene rings is 8. The van der Waals surface area contributed by atoms with E-state index in [1.54, 1.807) is 0 Å². The second-order valence-electron chi connectivity index (χ2n) is 20.6. The summed E-state index contributed by atoms with van der Waals surface area (Å²) in [6.45, 7) is 9.84. The fraction of sp³-hybridized carbons (Fsp3) is 0.156. The molecule has 8 aromatic carbocycles. The fourth-order valence-electron chi connectivity index (χ4n) is 10.9. The second-order valence-corrected chi connectivity index (χ2v) is 20.6. The summed E-state index contributed by atoms with van der Waals surface area (Å²) in [5, 5.41) is 4.98. The molecule has 4 aromatic heterocycles. The van der Waals surface area contributed by atoms with Crippen LogP contribution in [0.1, 0.15) is 60.9 Å². The number of hydrogen-bond acceptors (Lipinski definition) is 4. The topological polar surface area (TPSA) is 43.4 Å². The monoisotopic (exact) mass is 1120 g/mol. The quantitative estimate of drug-likeness (QED) is 0.156. The van der Waals surface area contributed by atoms with Crippen LogP contribution in [0.2, 0.25) is 0 Å². The Hall–Kier alpha value is -7.60. The molecule has 0 saturated carbocycles. The Morgan fingerprint density at radius 3 is 1.83 bits per heavy atom. The number of pyridine rings is 1. The Balaban J connectivity index is 0.00000609. The molecule has 72 heavy (non-hydrogen) atoms. The van der Waals surface area contributed by atoms with Gasteiger partial charge in [0.25, 0.3) is 0 Å². The third-order valence-electron chi connectivity index (χ3n) is 14.2. The largest absolute Gasteiger partial charge is 0.509 e. The Bertz CT molecular complexity index is 4260. The molecule has 0 atom stereocenters.